The minimum Gasteiger partial charge on any atom is -0.463 e. The van der Waals surface area contributed by atoms with E-state index in [1.54, 1.807) is 24.3 Å². The SMILES string of the molecule is CC(C)(COCc1ccc(F)c(Oc2ccccc2)c1)c1ccc(OC=C(Cl)Cl)cc1. The number of hydrogen-bond acceptors (Lipinski definition) is 3. The molecule has 162 valence electrons. The predicted octanol–water partition coefficient (Wildman–Crippen LogP) is 7.77. The zero-order valence-electron chi connectivity index (χ0n) is 17.3. The fraction of sp³-hybridized carbons (Fsp3) is 0.200. The molecular formula is C25H23Cl2FO3. The molecule has 0 amide bonds. The van der Waals surface area contributed by atoms with Crippen molar-refractivity contribution in [2.75, 3.05) is 6.61 Å². The summed E-state index contributed by atoms with van der Waals surface area (Å²) in [6.45, 7) is 5.00. The summed E-state index contributed by atoms with van der Waals surface area (Å²) in [4.78, 5) is 0. The molecule has 0 aromatic heterocycles. The largest absolute Gasteiger partial charge is 0.463 e. The average molecular weight is 461 g/mol. The van der Waals surface area contributed by atoms with Crippen molar-refractivity contribution in [2.24, 2.45) is 0 Å². The molecule has 0 aliphatic rings. The minimum atomic E-state index is -0.416. The van der Waals surface area contributed by atoms with Gasteiger partial charge in [-0.15, -0.1) is 0 Å². The van der Waals surface area contributed by atoms with Crippen molar-refractivity contribution >= 4 is 23.2 Å². The molecule has 0 saturated carbocycles. The molecule has 0 radical (unpaired) electrons. The Kier molecular flexibility index (Phi) is 7.97. The smallest absolute Gasteiger partial charge is 0.165 e. The first kappa shape index (κ1) is 23.1. The quantitative estimate of drug-likeness (QED) is 0.305. The molecule has 0 spiro atoms. The van der Waals surface area contributed by atoms with Gasteiger partial charge >= 0.3 is 0 Å². The van der Waals surface area contributed by atoms with E-state index in [9.17, 15) is 4.39 Å². The van der Waals surface area contributed by atoms with Crippen LogP contribution in [0.5, 0.6) is 17.2 Å². The molecule has 0 aliphatic heterocycles. The molecule has 0 atom stereocenters. The lowest BCUT2D eigenvalue weighted by Crippen LogP contribution is -2.24. The summed E-state index contributed by atoms with van der Waals surface area (Å²) in [7, 11) is 0. The molecule has 0 fully saturated rings. The van der Waals surface area contributed by atoms with Crippen molar-refractivity contribution in [3.05, 3.63) is 100 Å². The second-order valence-electron chi connectivity index (χ2n) is 7.61. The number of benzene rings is 3. The van der Waals surface area contributed by atoms with Crippen LogP contribution in [-0.4, -0.2) is 6.61 Å². The second kappa shape index (κ2) is 10.7. The molecule has 3 aromatic carbocycles. The Morgan fingerprint density at radius 1 is 0.935 bits per heavy atom. The Bertz CT molecular complexity index is 1010. The van der Waals surface area contributed by atoms with Gasteiger partial charge in [0.1, 0.15) is 22.3 Å². The van der Waals surface area contributed by atoms with Gasteiger partial charge in [-0.05, 0) is 47.5 Å². The van der Waals surface area contributed by atoms with E-state index in [4.69, 9.17) is 37.4 Å². The van der Waals surface area contributed by atoms with Gasteiger partial charge in [0.05, 0.1) is 13.2 Å². The molecule has 3 rings (SSSR count). The molecule has 0 unspecified atom stereocenters. The maximum Gasteiger partial charge on any atom is 0.165 e. The lowest BCUT2D eigenvalue weighted by molar-refractivity contribution is 0.0823. The van der Waals surface area contributed by atoms with Crippen LogP contribution < -0.4 is 9.47 Å². The number of ether oxygens (including phenoxy) is 3. The van der Waals surface area contributed by atoms with Gasteiger partial charge in [0.25, 0.3) is 0 Å². The molecule has 31 heavy (non-hydrogen) atoms. The first-order chi connectivity index (χ1) is 14.8. The normalized spacial score (nSPS) is 11.1. The first-order valence-electron chi connectivity index (χ1n) is 9.71. The topological polar surface area (TPSA) is 27.7 Å². The Labute approximate surface area is 192 Å². The van der Waals surface area contributed by atoms with Crippen LogP contribution in [0.2, 0.25) is 0 Å². The summed E-state index contributed by atoms with van der Waals surface area (Å²) in [6, 6.07) is 21.5. The number of hydrogen-bond donors (Lipinski definition) is 0. The monoisotopic (exact) mass is 460 g/mol. The van der Waals surface area contributed by atoms with E-state index in [-0.39, 0.29) is 15.7 Å². The summed E-state index contributed by atoms with van der Waals surface area (Å²) < 4.78 is 31.1. The third-order valence-corrected chi connectivity index (χ3v) is 4.80. The predicted molar refractivity (Wildman–Crippen MR) is 122 cm³/mol. The molecule has 0 N–H and O–H groups in total. The summed E-state index contributed by atoms with van der Waals surface area (Å²) in [5.74, 6) is 0.974. The van der Waals surface area contributed by atoms with Crippen LogP contribution in [0.4, 0.5) is 4.39 Å². The van der Waals surface area contributed by atoms with Crippen LogP contribution >= 0.6 is 23.2 Å². The van der Waals surface area contributed by atoms with Crippen LogP contribution in [0.25, 0.3) is 0 Å². The van der Waals surface area contributed by atoms with Crippen LogP contribution in [0, 0.1) is 5.82 Å². The van der Waals surface area contributed by atoms with E-state index < -0.39 is 5.82 Å². The second-order valence-corrected chi connectivity index (χ2v) is 8.61. The third kappa shape index (κ3) is 7.00. The van der Waals surface area contributed by atoms with Crippen molar-refractivity contribution in [1.29, 1.82) is 0 Å². The number of halogens is 3. The van der Waals surface area contributed by atoms with Crippen molar-refractivity contribution in [2.45, 2.75) is 25.9 Å². The summed E-state index contributed by atoms with van der Waals surface area (Å²) in [6.07, 6.45) is 1.27. The van der Waals surface area contributed by atoms with Crippen molar-refractivity contribution < 1.29 is 18.6 Å². The molecule has 0 saturated heterocycles. The zero-order valence-corrected chi connectivity index (χ0v) is 18.8. The van der Waals surface area contributed by atoms with E-state index in [0.29, 0.717) is 24.7 Å². The van der Waals surface area contributed by atoms with Crippen molar-refractivity contribution in [1.82, 2.24) is 0 Å². The molecule has 3 nitrogen and oxygen atoms in total. The fourth-order valence-corrected chi connectivity index (χ4v) is 3.03. The third-order valence-electron chi connectivity index (χ3n) is 4.62. The Hall–Kier alpha value is -2.53. The van der Waals surface area contributed by atoms with Gasteiger partial charge in [-0.25, -0.2) is 4.39 Å². The van der Waals surface area contributed by atoms with Crippen LogP contribution in [0.1, 0.15) is 25.0 Å². The zero-order chi connectivity index (χ0) is 22.3. The van der Waals surface area contributed by atoms with Crippen molar-refractivity contribution in [3.8, 4) is 17.2 Å². The van der Waals surface area contributed by atoms with E-state index in [1.807, 2.05) is 42.5 Å². The van der Waals surface area contributed by atoms with Crippen LogP contribution in [0.15, 0.2) is 83.5 Å². The summed E-state index contributed by atoms with van der Waals surface area (Å²) in [5, 5.41) is 0. The van der Waals surface area contributed by atoms with Gasteiger partial charge in [-0.1, -0.05) is 73.4 Å². The van der Waals surface area contributed by atoms with Gasteiger partial charge in [0, 0.05) is 5.41 Å². The number of rotatable bonds is 9. The highest BCUT2D eigenvalue weighted by atomic mass is 35.5. The number of para-hydroxylation sites is 1. The Balaban J connectivity index is 1.58. The Morgan fingerprint density at radius 2 is 1.65 bits per heavy atom. The van der Waals surface area contributed by atoms with E-state index in [0.717, 1.165) is 11.1 Å². The minimum absolute atomic E-state index is 0.0518. The van der Waals surface area contributed by atoms with Gasteiger partial charge in [-0.3, -0.25) is 0 Å². The lowest BCUT2D eigenvalue weighted by Gasteiger charge is -2.25. The van der Waals surface area contributed by atoms with Gasteiger partial charge in [0.2, 0.25) is 0 Å². The highest BCUT2D eigenvalue weighted by Gasteiger charge is 2.21. The average Bonchev–Trinajstić information content (AvgIpc) is 2.75. The molecular weight excluding hydrogens is 438 g/mol. The summed E-state index contributed by atoms with van der Waals surface area (Å²) in [5.41, 5.74) is 1.69. The van der Waals surface area contributed by atoms with Gasteiger partial charge < -0.3 is 14.2 Å². The summed E-state index contributed by atoms with van der Waals surface area (Å²) >= 11 is 11.1. The van der Waals surface area contributed by atoms with E-state index >= 15 is 0 Å². The molecule has 0 bridgehead atoms. The van der Waals surface area contributed by atoms with E-state index in [2.05, 4.69) is 13.8 Å². The highest BCUT2D eigenvalue weighted by Crippen LogP contribution is 2.28. The first-order valence-corrected chi connectivity index (χ1v) is 10.5. The van der Waals surface area contributed by atoms with Crippen LogP contribution in [-0.2, 0) is 16.8 Å². The maximum absolute atomic E-state index is 14.1. The molecule has 0 heterocycles. The molecule has 6 heteroatoms. The standard InChI is InChI=1S/C25H23Cl2FO3/c1-25(2,19-9-11-20(12-10-19)30-16-24(26)27)17-29-15-18-8-13-22(28)23(14-18)31-21-6-4-3-5-7-21/h3-14,16H,15,17H2,1-2H3. The van der Waals surface area contributed by atoms with Crippen molar-refractivity contribution in [3.63, 3.8) is 0 Å². The van der Waals surface area contributed by atoms with E-state index in [1.165, 1.54) is 12.3 Å². The van der Waals surface area contributed by atoms with Gasteiger partial charge in [0.15, 0.2) is 11.6 Å². The fourth-order valence-electron chi connectivity index (χ4n) is 2.94. The Morgan fingerprint density at radius 3 is 2.32 bits per heavy atom. The maximum atomic E-state index is 14.1. The lowest BCUT2D eigenvalue weighted by atomic mass is 9.85. The molecule has 3 aromatic rings. The van der Waals surface area contributed by atoms with Crippen LogP contribution in [0.3, 0.4) is 0 Å². The van der Waals surface area contributed by atoms with Gasteiger partial charge in [-0.2, -0.15) is 0 Å². The highest BCUT2D eigenvalue weighted by molar-refractivity contribution is 6.55. The molecule has 0 aliphatic carbocycles.